The van der Waals surface area contributed by atoms with Gasteiger partial charge >= 0.3 is 5.97 Å². The molecule has 0 aliphatic carbocycles. The average molecular weight is 1000 g/mol. The highest BCUT2D eigenvalue weighted by Crippen LogP contribution is 2.23. The zero-order chi connectivity index (χ0) is 51.7. The summed E-state index contributed by atoms with van der Waals surface area (Å²) < 4.78 is 16.6. The summed E-state index contributed by atoms with van der Waals surface area (Å²) in [5.41, 5.74) is 0. The number of esters is 1. The van der Waals surface area contributed by atoms with Crippen molar-refractivity contribution in [2.24, 2.45) is 0 Å². The van der Waals surface area contributed by atoms with Gasteiger partial charge in [-0.2, -0.15) is 0 Å². The number of unbranched alkanes of at least 4 members (excludes halogenated alkanes) is 27. The van der Waals surface area contributed by atoms with E-state index in [1.165, 1.54) is 135 Å². The molecule has 0 spiro atoms. The van der Waals surface area contributed by atoms with Gasteiger partial charge in [-0.15, -0.1) is 0 Å². The fraction of sp³-hybridized carbons (Fsp3) is 0.800. The number of carbonyl (C=O) groups excluding carboxylic acids is 2. The van der Waals surface area contributed by atoms with Crippen molar-refractivity contribution in [2.45, 2.75) is 288 Å². The second-order valence-corrected chi connectivity index (χ2v) is 20.0. The first kappa shape index (κ1) is 66.4. The van der Waals surface area contributed by atoms with E-state index in [4.69, 9.17) is 14.2 Å². The lowest BCUT2D eigenvalue weighted by Gasteiger charge is -2.40. The molecule has 0 aromatic carbocycles. The van der Waals surface area contributed by atoms with Crippen LogP contribution in [0.15, 0.2) is 60.8 Å². The lowest BCUT2D eigenvalue weighted by Crippen LogP contribution is -2.60. The van der Waals surface area contributed by atoms with Gasteiger partial charge in [0.1, 0.15) is 24.4 Å². The molecule has 71 heavy (non-hydrogen) atoms. The number of hydrogen-bond acceptors (Lipinski definition) is 10. The Kier molecular flexibility index (Phi) is 46.3. The molecule has 1 rings (SSSR count). The van der Waals surface area contributed by atoms with E-state index >= 15 is 0 Å². The Bertz CT molecular complexity index is 1360. The van der Waals surface area contributed by atoms with Crippen LogP contribution in [0.5, 0.6) is 0 Å². The molecule has 0 bridgehead atoms. The number of amides is 1. The largest absolute Gasteiger partial charge is 0.465 e. The van der Waals surface area contributed by atoms with Crippen LogP contribution in [-0.2, 0) is 23.8 Å². The molecule has 1 amide bonds. The summed E-state index contributed by atoms with van der Waals surface area (Å²) in [5, 5.41) is 54.2. The van der Waals surface area contributed by atoms with Gasteiger partial charge in [0.25, 0.3) is 0 Å². The summed E-state index contributed by atoms with van der Waals surface area (Å²) in [6.07, 6.45) is 53.4. The van der Waals surface area contributed by atoms with Crippen LogP contribution >= 0.6 is 0 Å². The van der Waals surface area contributed by atoms with E-state index in [1.807, 2.05) is 6.08 Å². The summed E-state index contributed by atoms with van der Waals surface area (Å²) in [7, 11) is 0. The molecule has 0 aromatic heterocycles. The molecule has 0 radical (unpaired) electrons. The molecule has 11 nitrogen and oxygen atoms in total. The standard InChI is InChI=1S/C60H107NO10/c1-3-5-7-9-11-13-14-24-28-32-36-40-44-48-56(65)69-49-45-41-37-33-29-26-23-21-19-17-15-16-18-20-22-25-27-31-35-39-43-47-55(64)61-52(53(63)46-42-38-34-30-12-10-8-6-4-2)51-70-60-59(68)58(67)57(66)54(50-62)71-60/h7,9,13-14,26,29,37,41-42,46,52-54,57-60,62-63,66-68H,3-6,8,10-12,15-25,27-28,30-36,38-40,43-45,47-51H2,1-2H3,(H,61,64)/b9-7-,14-13-,29-26-,41-37-,46-42+. The van der Waals surface area contributed by atoms with Crippen LogP contribution in [-0.4, -0.2) is 100 Å². The molecular formula is C60H107NO10. The van der Waals surface area contributed by atoms with Crippen molar-refractivity contribution >= 4 is 11.9 Å². The third kappa shape index (κ3) is 39.5. The highest BCUT2D eigenvalue weighted by Gasteiger charge is 2.44. The third-order valence-electron chi connectivity index (χ3n) is 13.3. The molecule has 7 atom stereocenters. The van der Waals surface area contributed by atoms with E-state index in [0.717, 1.165) is 83.5 Å². The number of allylic oxidation sites excluding steroid dienone is 8. The van der Waals surface area contributed by atoms with Crippen LogP contribution in [0.25, 0.3) is 0 Å². The quantitative estimate of drug-likeness (QED) is 0.0195. The number of aliphatic hydroxyl groups is 5. The van der Waals surface area contributed by atoms with E-state index in [1.54, 1.807) is 6.08 Å². The molecule has 6 N–H and O–H groups in total. The Balaban J connectivity index is 2.05. The van der Waals surface area contributed by atoms with Crippen molar-refractivity contribution in [1.29, 1.82) is 0 Å². The fourth-order valence-corrected chi connectivity index (χ4v) is 8.72. The first-order valence-corrected chi connectivity index (χ1v) is 29.1. The number of nitrogens with one attached hydrogen (secondary N) is 1. The van der Waals surface area contributed by atoms with Crippen molar-refractivity contribution in [1.82, 2.24) is 5.32 Å². The maximum atomic E-state index is 13.0. The number of aliphatic hydroxyl groups excluding tert-OH is 5. The molecule has 0 saturated carbocycles. The lowest BCUT2D eigenvalue weighted by molar-refractivity contribution is -0.302. The first-order valence-electron chi connectivity index (χ1n) is 29.1. The van der Waals surface area contributed by atoms with Gasteiger partial charge in [-0.05, 0) is 77.0 Å². The monoisotopic (exact) mass is 1000 g/mol. The summed E-state index contributed by atoms with van der Waals surface area (Å²) in [6, 6.07) is -0.814. The van der Waals surface area contributed by atoms with E-state index in [2.05, 4.69) is 67.8 Å². The Morgan fingerprint density at radius 3 is 1.48 bits per heavy atom. The summed E-state index contributed by atoms with van der Waals surface area (Å²) in [6.45, 7) is 4.12. The molecule has 7 unspecified atom stereocenters. The summed E-state index contributed by atoms with van der Waals surface area (Å²) in [4.78, 5) is 25.0. The molecule has 1 aliphatic rings. The molecule has 1 heterocycles. The minimum atomic E-state index is -1.57. The van der Waals surface area contributed by atoms with Crippen molar-refractivity contribution in [3.63, 3.8) is 0 Å². The van der Waals surface area contributed by atoms with Crippen LogP contribution in [0.2, 0.25) is 0 Å². The molecule has 412 valence electrons. The topological polar surface area (TPSA) is 175 Å². The fourth-order valence-electron chi connectivity index (χ4n) is 8.72. The van der Waals surface area contributed by atoms with Crippen LogP contribution < -0.4 is 5.32 Å². The Morgan fingerprint density at radius 1 is 0.521 bits per heavy atom. The molecule has 11 heteroatoms. The zero-order valence-electron chi connectivity index (χ0n) is 45.2. The Labute approximate surface area is 433 Å². The SMILES string of the molecule is CCC/C=C\C/C=C\CCCCCCCC(=O)OCC/C=C\C/C=C\CCCCCCCCCCCCCCCCC(=O)NC(COC1OC(CO)C(O)C(O)C1O)C(O)/C=C/CCCCCCCCC. The summed E-state index contributed by atoms with van der Waals surface area (Å²) >= 11 is 0. The third-order valence-corrected chi connectivity index (χ3v) is 13.3. The second kappa shape index (κ2) is 49.6. The number of hydrogen-bond donors (Lipinski definition) is 6. The van der Waals surface area contributed by atoms with Gasteiger partial charge in [0.2, 0.25) is 5.91 Å². The van der Waals surface area contributed by atoms with E-state index < -0.39 is 49.5 Å². The van der Waals surface area contributed by atoms with Gasteiger partial charge in [-0.1, -0.05) is 216 Å². The van der Waals surface area contributed by atoms with E-state index in [9.17, 15) is 35.1 Å². The van der Waals surface area contributed by atoms with Crippen LogP contribution in [0.4, 0.5) is 0 Å². The maximum Gasteiger partial charge on any atom is 0.305 e. The number of rotatable bonds is 49. The van der Waals surface area contributed by atoms with Crippen molar-refractivity contribution in [3.8, 4) is 0 Å². The molecule has 1 saturated heterocycles. The second-order valence-electron chi connectivity index (χ2n) is 20.0. The van der Waals surface area contributed by atoms with Crippen LogP contribution in [0.1, 0.15) is 245 Å². The van der Waals surface area contributed by atoms with Crippen molar-refractivity contribution in [3.05, 3.63) is 60.8 Å². The smallest absolute Gasteiger partial charge is 0.305 e. The van der Waals surface area contributed by atoms with Crippen LogP contribution in [0.3, 0.4) is 0 Å². The molecule has 0 aromatic rings. The van der Waals surface area contributed by atoms with Crippen molar-refractivity contribution < 1.29 is 49.3 Å². The molecule has 1 aliphatic heterocycles. The molecule has 1 fully saturated rings. The van der Waals surface area contributed by atoms with E-state index in [0.29, 0.717) is 19.4 Å². The number of carbonyl (C=O) groups is 2. The van der Waals surface area contributed by atoms with Gasteiger partial charge < -0.3 is 45.1 Å². The lowest BCUT2D eigenvalue weighted by atomic mass is 9.99. The maximum absolute atomic E-state index is 13.0. The number of ether oxygens (including phenoxy) is 3. The minimum Gasteiger partial charge on any atom is -0.465 e. The van der Waals surface area contributed by atoms with Gasteiger partial charge in [0.05, 0.1) is 32.0 Å². The van der Waals surface area contributed by atoms with Gasteiger partial charge in [0, 0.05) is 12.8 Å². The van der Waals surface area contributed by atoms with Gasteiger partial charge in [0.15, 0.2) is 6.29 Å². The van der Waals surface area contributed by atoms with Crippen molar-refractivity contribution in [2.75, 3.05) is 19.8 Å². The summed E-state index contributed by atoms with van der Waals surface area (Å²) in [5.74, 6) is -0.255. The van der Waals surface area contributed by atoms with Crippen LogP contribution in [0, 0.1) is 0 Å². The highest BCUT2D eigenvalue weighted by molar-refractivity contribution is 5.76. The highest BCUT2D eigenvalue weighted by atomic mass is 16.7. The predicted molar refractivity (Wildman–Crippen MR) is 292 cm³/mol. The Morgan fingerprint density at radius 2 is 0.972 bits per heavy atom. The molecular weight excluding hydrogens is 895 g/mol. The van der Waals surface area contributed by atoms with E-state index in [-0.39, 0.29) is 18.5 Å². The zero-order valence-corrected chi connectivity index (χ0v) is 45.2. The minimum absolute atomic E-state index is 0.0648. The normalized spacial score (nSPS) is 19.6. The predicted octanol–water partition coefficient (Wildman–Crippen LogP) is 13.1. The van der Waals surface area contributed by atoms with Gasteiger partial charge in [-0.25, -0.2) is 0 Å². The first-order chi connectivity index (χ1) is 34.7. The van der Waals surface area contributed by atoms with Gasteiger partial charge in [-0.3, -0.25) is 9.59 Å². The Hall–Kier alpha value is -2.64. The average Bonchev–Trinajstić information content (AvgIpc) is 3.37.